The Morgan fingerprint density at radius 1 is 1.04 bits per heavy atom. The molecule has 0 fully saturated rings. The van der Waals surface area contributed by atoms with Crippen LogP contribution < -0.4 is 5.56 Å². The van der Waals surface area contributed by atoms with Gasteiger partial charge in [0.1, 0.15) is 5.82 Å². The first kappa shape index (κ1) is 15.4. The number of rotatable bonds is 4. The van der Waals surface area contributed by atoms with Crippen molar-refractivity contribution in [3.63, 3.8) is 0 Å². The predicted octanol–water partition coefficient (Wildman–Crippen LogP) is 3.27. The molecular formula is C17H14FN3OS. The van der Waals surface area contributed by atoms with Crippen LogP contribution >= 0.6 is 11.8 Å². The molecule has 4 nitrogen and oxygen atoms in total. The van der Waals surface area contributed by atoms with Gasteiger partial charge in [-0.2, -0.15) is 0 Å². The maximum Gasteiger partial charge on any atom is 0.280 e. The van der Waals surface area contributed by atoms with Crippen LogP contribution in [0.25, 0.3) is 11.3 Å². The number of nitrogens with zero attached hydrogens (tertiary/aromatic N) is 3. The second-order valence-electron chi connectivity index (χ2n) is 4.98. The van der Waals surface area contributed by atoms with Gasteiger partial charge in [0.05, 0.1) is 0 Å². The Bertz CT molecular complexity index is 863. The lowest BCUT2D eigenvalue weighted by atomic mass is 10.1. The van der Waals surface area contributed by atoms with E-state index in [2.05, 4.69) is 10.2 Å². The predicted molar refractivity (Wildman–Crippen MR) is 88.7 cm³/mol. The molecule has 0 aliphatic heterocycles. The smallest absolute Gasteiger partial charge is 0.280 e. The van der Waals surface area contributed by atoms with Gasteiger partial charge in [-0.25, -0.2) is 4.39 Å². The first-order valence-corrected chi connectivity index (χ1v) is 8.00. The molecule has 0 amide bonds. The lowest BCUT2D eigenvalue weighted by Gasteiger charge is -2.08. The van der Waals surface area contributed by atoms with E-state index in [0.717, 1.165) is 5.56 Å². The van der Waals surface area contributed by atoms with Crippen LogP contribution in [-0.2, 0) is 12.8 Å². The fourth-order valence-electron chi connectivity index (χ4n) is 2.09. The van der Waals surface area contributed by atoms with E-state index in [1.54, 1.807) is 7.05 Å². The Balaban J connectivity index is 1.86. The third-order valence-electron chi connectivity index (χ3n) is 3.36. The Hall–Kier alpha value is -2.47. The van der Waals surface area contributed by atoms with E-state index >= 15 is 0 Å². The second kappa shape index (κ2) is 6.75. The lowest BCUT2D eigenvalue weighted by molar-refractivity contribution is 0.627. The molecule has 0 radical (unpaired) electrons. The van der Waals surface area contributed by atoms with Gasteiger partial charge < -0.3 is 0 Å². The average molecular weight is 327 g/mol. The monoisotopic (exact) mass is 327 g/mol. The van der Waals surface area contributed by atoms with E-state index < -0.39 is 0 Å². The molecule has 0 bridgehead atoms. The second-order valence-corrected chi connectivity index (χ2v) is 5.92. The van der Waals surface area contributed by atoms with Crippen LogP contribution in [0.4, 0.5) is 4.39 Å². The number of hydrogen-bond acceptors (Lipinski definition) is 4. The molecule has 1 aromatic heterocycles. The molecule has 3 rings (SSSR count). The van der Waals surface area contributed by atoms with Crippen molar-refractivity contribution in [1.29, 1.82) is 0 Å². The van der Waals surface area contributed by atoms with Gasteiger partial charge >= 0.3 is 0 Å². The largest absolute Gasteiger partial charge is 0.287 e. The molecule has 0 atom stereocenters. The summed E-state index contributed by atoms with van der Waals surface area (Å²) < 4.78 is 14.5. The van der Waals surface area contributed by atoms with Gasteiger partial charge in [0.25, 0.3) is 5.56 Å². The van der Waals surface area contributed by atoms with Gasteiger partial charge in [-0.1, -0.05) is 42.1 Å². The number of thioether (sulfide) groups is 1. The van der Waals surface area contributed by atoms with Crippen LogP contribution in [0, 0.1) is 5.82 Å². The molecule has 0 aliphatic carbocycles. The van der Waals surface area contributed by atoms with Crippen molar-refractivity contribution < 1.29 is 4.39 Å². The fourth-order valence-corrected chi connectivity index (χ4v) is 2.95. The molecule has 0 saturated carbocycles. The standard InChI is InChI=1S/C17H14FN3OS/c1-21-16(22)15(13-7-9-14(18)10-8-13)19-20-17(21)23-11-12-5-3-2-4-6-12/h2-10H,11H2,1H3. The molecule has 0 N–H and O–H groups in total. The minimum Gasteiger partial charge on any atom is -0.287 e. The summed E-state index contributed by atoms with van der Waals surface area (Å²) in [4.78, 5) is 12.4. The summed E-state index contributed by atoms with van der Waals surface area (Å²) >= 11 is 1.45. The number of benzene rings is 2. The molecule has 1 heterocycles. The number of halogens is 1. The van der Waals surface area contributed by atoms with E-state index in [1.807, 2.05) is 30.3 Å². The average Bonchev–Trinajstić information content (AvgIpc) is 2.58. The highest BCUT2D eigenvalue weighted by Gasteiger charge is 2.12. The molecule has 0 unspecified atom stereocenters. The van der Waals surface area contributed by atoms with Crippen molar-refractivity contribution in [3.05, 3.63) is 76.3 Å². The molecular weight excluding hydrogens is 313 g/mol. The van der Waals surface area contributed by atoms with Crippen molar-refractivity contribution >= 4 is 11.8 Å². The molecule has 3 aromatic rings. The summed E-state index contributed by atoms with van der Waals surface area (Å²) in [6.45, 7) is 0. The van der Waals surface area contributed by atoms with Gasteiger partial charge in [0.15, 0.2) is 10.9 Å². The van der Waals surface area contributed by atoms with Crippen LogP contribution in [0.5, 0.6) is 0 Å². The zero-order chi connectivity index (χ0) is 16.2. The Morgan fingerprint density at radius 3 is 2.43 bits per heavy atom. The van der Waals surface area contributed by atoms with E-state index in [-0.39, 0.29) is 17.1 Å². The highest BCUT2D eigenvalue weighted by Crippen LogP contribution is 2.20. The third-order valence-corrected chi connectivity index (χ3v) is 4.45. The van der Waals surface area contributed by atoms with Crippen LogP contribution in [0.15, 0.2) is 64.5 Å². The SMILES string of the molecule is Cn1c(SCc2ccccc2)nnc(-c2ccc(F)cc2)c1=O. The van der Waals surface area contributed by atoms with Gasteiger partial charge in [-0.05, 0) is 29.8 Å². The van der Waals surface area contributed by atoms with Gasteiger partial charge in [0.2, 0.25) is 0 Å². The van der Waals surface area contributed by atoms with Crippen LogP contribution in [0.1, 0.15) is 5.56 Å². The fraction of sp³-hybridized carbons (Fsp3) is 0.118. The minimum absolute atomic E-state index is 0.219. The van der Waals surface area contributed by atoms with Crippen molar-refractivity contribution in [2.45, 2.75) is 10.9 Å². The summed E-state index contributed by atoms with van der Waals surface area (Å²) in [5.41, 5.74) is 1.67. The Kier molecular flexibility index (Phi) is 4.52. The first-order valence-electron chi connectivity index (χ1n) is 7.01. The van der Waals surface area contributed by atoms with E-state index in [4.69, 9.17) is 0 Å². The molecule has 6 heteroatoms. The molecule has 0 saturated heterocycles. The van der Waals surface area contributed by atoms with Crippen molar-refractivity contribution in [2.75, 3.05) is 0 Å². The van der Waals surface area contributed by atoms with E-state index in [0.29, 0.717) is 16.5 Å². The van der Waals surface area contributed by atoms with Crippen LogP contribution in [0.3, 0.4) is 0 Å². The summed E-state index contributed by atoms with van der Waals surface area (Å²) in [6, 6.07) is 15.6. The highest BCUT2D eigenvalue weighted by atomic mass is 32.2. The maximum atomic E-state index is 13.0. The van der Waals surface area contributed by atoms with E-state index in [1.165, 1.54) is 40.6 Å². The molecule has 116 valence electrons. The van der Waals surface area contributed by atoms with Crippen molar-refractivity contribution in [2.24, 2.45) is 7.05 Å². The minimum atomic E-state index is -0.353. The molecule has 0 aliphatic rings. The summed E-state index contributed by atoms with van der Waals surface area (Å²) in [5.74, 6) is 0.354. The zero-order valence-electron chi connectivity index (χ0n) is 12.4. The lowest BCUT2D eigenvalue weighted by Crippen LogP contribution is -2.23. The Morgan fingerprint density at radius 2 is 1.74 bits per heavy atom. The van der Waals surface area contributed by atoms with E-state index in [9.17, 15) is 9.18 Å². The van der Waals surface area contributed by atoms with Crippen LogP contribution in [-0.4, -0.2) is 14.8 Å². The molecule has 2 aromatic carbocycles. The normalized spacial score (nSPS) is 10.7. The number of hydrogen-bond donors (Lipinski definition) is 0. The maximum absolute atomic E-state index is 13.0. The topological polar surface area (TPSA) is 47.8 Å². The van der Waals surface area contributed by atoms with Crippen LogP contribution in [0.2, 0.25) is 0 Å². The quantitative estimate of drug-likeness (QED) is 0.690. The van der Waals surface area contributed by atoms with Crippen molar-refractivity contribution in [1.82, 2.24) is 14.8 Å². The summed E-state index contributed by atoms with van der Waals surface area (Å²) in [6.07, 6.45) is 0. The van der Waals surface area contributed by atoms with Crippen molar-refractivity contribution in [3.8, 4) is 11.3 Å². The number of aromatic nitrogens is 3. The zero-order valence-corrected chi connectivity index (χ0v) is 13.3. The molecule has 23 heavy (non-hydrogen) atoms. The third kappa shape index (κ3) is 3.48. The highest BCUT2D eigenvalue weighted by molar-refractivity contribution is 7.98. The Labute approximate surface area is 137 Å². The first-order chi connectivity index (χ1) is 11.1. The summed E-state index contributed by atoms with van der Waals surface area (Å²) in [5, 5.41) is 8.71. The van der Waals surface area contributed by atoms with Gasteiger partial charge in [-0.15, -0.1) is 10.2 Å². The summed E-state index contributed by atoms with van der Waals surface area (Å²) in [7, 11) is 1.66. The van der Waals surface area contributed by atoms with Gasteiger partial charge in [-0.3, -0.25) is 9.36 Å². The van der Waals surface area contributed by atoms with Gasteiger partial charge in [0, 0.05) is 18.4 Å². The molecule has 0 spiro atoms.